The van der Waals surface area contributed by atoms with Gasteiger partial charge in [-0.25, -0.2) is 0 Å². The Morgan fingerprint density at radius 3 is 2.25 bits per heavy atom. The second-order valence-corrected chi connectivity index (χ2v) is 21.0. The van der Waals surface area contributed by atoms with E-state index in [0.717, 1.165) is 48.9 Å². The van der Waals surface area contributed by atoms with Gasteiger partial charge in [-0.15, -0.1) is 0 Å². The molecule has 0 aromatic rings. The standard InChI is InChI=1S/C46H78O14/c1-8-26(23(2)3)10-9-24(4)30-13-14-31-29-12-11-27-19-28(15-17-44(27,6)32(29)16-18-45(30,31)7)58-38-33(20-55-43-40(52)46(54,21-47)22-56-43)59-41(53)39(37(38)51)60-42-36(50)35(49)34(48)25(5)57-42/h19,23-26,28-43,47-54H,8-18,20-22H2,1-7H3/t24-,25+,26-,28+,29+,30-,31+,32+,33-,34+,35-,36-,37+,38-,39-,40+,41-,42+,43-,44+,45-,46-/m1/s1. The molecule has 0 amide bonds. The first kappa shape index (κ1) is 47.2. The van der Waals surface area contributed by atoms with E-state index in [0.29, 0.717) is 23.7 Å². The Kier molecular flexibility index (Phi) is 14.6. The summed E-state index contributed by atoms with van der Waals surface area (Å²) in [5.41, 5.74) is -0.0895. The van der Waals surface area contributed by atoms with Gasteiger partial charge in [0.2, 0.25) is 0 Å². The fraction of sp³-hybridized carbons (Fsp3) is 0.957. The molecule has 0 aromatic carbocycles. The Morgan fingerprint density at radius 1 is 0.817 bits per heavy atom. The van der Waals surface area contributed by atoms with Gasteiger partial charge in [-0.2, -0.15) is 0 Å². The summed E-state index contributed by atoms with van der Waals surface area (Å²) in [5, 5.41) is 85.1. The normalized spacial score (nSPS) is 50.5. The molecule has 3 saturated heterocycles. The molecule has 8 N–H and O–H groups in total. The molecule has 346 valence electrons. The van der Waals surface area contributed by atoms with Gasteiger partial charge in [0.15, 0.2) is 18.9 Å². The maximum atomic E-state index is 11.9. The van der Waals surface area contributed by atoms with Crippen LogP contribution in [0.3, 0.4) is 0 Å². The molecule has 0 spiro atoms. The molecule has 0 unspecified atom stereocenters. The molecule has 4 aliphatic carbocycles. The Balaban J connectivity index is 1.05. The van der Waals surface area contributed by atoms with Gasteiger partial charge in [0.05, 0.1) is 32.0 Å². The molecule has 7 aliphatic rings. The highest BCUT2D eigenvalue weighted by Gasteiger charge is 2.60. The van der Waals surface area contributed by atoms with Gasteiger partial charge in [0.1, 0.15) is 54.4 Å². The van der Waals surface area contributed by atoms with Crippen molar-refractivity contribution in [3.63, 3.8) is 0 Å². The van der Waals surface area contributed by atoms with E-state index in [4.69, 9.17) is 28.4 Å². The molecule has 60 heavy (non-hydrogen) atoms. The second-order valence-electron chi connectivity index (χ2n) is 21.0. The van der Waals surface area contributed by atoms with Crippen molar-refractivity contribution < 1.29 is 69.3 Å². The molecule has 7 rings (SSSR count). The van der Waals surface area contributed by atoms with Crippen molar-refractivity contribution in [3.8, 4) is 0 Å². The van der Waals surface area contributed by atoms with Gasteiger partial charge < -0.3 is 69.3 Å². The predicted octanol–water partition coefficient (Wildman–Crippen LogP) is 3.17. The minimum absolute atomic E-state index is 0.0431. The van der Waals surface area contributed by atoms with E-state index in [2.05, 4.69) is 47.6 Å². The summed E-state index contributed by atoms with van der Waals surface area (Å²) in [7, 11) is 0. The third-order valence-corrected chi connectivity index (χ3v) is 17.4. The molecule has 22 atom stereocenters. The van der Waals surface area contributed by atoms with E-state index in [1.165, 1.54) is 57.4 Å². The van der Waals surface area contributed by atoms with E-state index >= 15 is 0 Å². The predicted molar refractivity (Wildman–Crippen MR) is 219 cm³/mol. The molecular weight excluding hydrogens is 776 g/mol. The van der Waals surface area contributed by atoms with Crippen molar-refractivity contribution in [2.24, 2.45) is 52.3 Å². The lowest BCUT2D eigenvalue weighted by Gasteiger charge is -2.59. The highest BCUT2D eigenvalue weighted by atomic mass is 16.7. The van der Waals surface area contributed by atoms with E-state index in [-0.39, 0.29) is 18.6 Å². The van der Waals surface area contributed by atoms with Crippen molar-refractivity contribution in [2.75, 3.05) is 19.8 Å². The maximum Gasteiger partial charge on any atom is 0.187 e. The van der Waals surface area contributed by atoms with Crippen molar-refractivity contribution in [3.05, 3.63) is 11.6 Å². The fourth-order valence-corrected chi connectivity index (χ4v) is 13.4. The number of hydrogen-bond donors (Lipinski definition) is 8. The summed E-state index contributed by atoms with van der Waals surface area (Å²) in [6.45, 7) is 14.8. The fourth-order valence-electron chi connectivity index (χ4n) is 13.4. The van der Waals surface area contributed by atoms with Crippen LogP contribution in [0.2, 0.25) is 0 Å². The van der Waals surface area contributed by atoms with E-state index in [1.54, 1.807) is 0 Å². The number of ether oxygens (including phenoxy) is 6. The quantitative estimate of drug-likeness (QED) is 0.118. The van der Waals surface area contributed by atoms with Crippen molar-refractivity contribution in [1.82, 2.24) is 0 Å². The van der Waals surface area contributed by atoms with Crippen molar-refractivity contribution in [1.29, 1.82) is 0 Å². The van der Waals surface area contributed by atoms with Gasteiger partial charge in [0.25, 0.3) is 0 Å². The van der Waals surface area contributed by atoms with Crippen LogP contribution in [0.1, 0.15) is 119 Å². The number of aliphatic hydroxyl groups excluding tert-OH is 7. The first-order valence-corrected chi connectivity index (χ1v) is 23.3. The molecule has 0 radical (unpaired) electrons. The Morgan fingerprint density at radius 2 is 1.57 bits per heavy atom. The second kappa shape index (κ2) is 18.6. The lowest BCUT2D eigenvalue weighted by molar-refractivity contribution is -0.365. The molecule has 0 aromatic heterocycles. The average Bonchev–Trinajstić information content (AvgIpc) is 3.72. The monoisotopic (exact) mass is 855 g/mol. The lowest BCUT2D eigenvalue weighted by atomic mass is 9.46. The van der Waals surface area contributed by atoms with Crippen LogP contribution < -0.4 is 0 Å². The van der Waals surface area contributed by atoms with Crippen LogP contribution in [-0.2, 0) is 28.4 Å². The van der Waals surface area contributed by atoms with Crippen molar-refractivity contribution in [2.45, 2.75) is 205 Å². The van der Waals surface area contributed by atoms with Crippen molar-refractivity contribution >= 4 is 0 Å². The van der Waals surface area contributed by atoms with Crippen LogP contribution in [0.5, 0.6) is 0 Å². The molecule has 0 bridgehead atoms. The van der Waals surface area contributed by atoms with Crippen LogP contribution in [0.25, 0.3) is 0 Å². The third-order valence-electron chi connectivity index (χ3n) is 17.4. The molecule has 3 aliphatic heterocycles. The summed E-state index contributed by atoms with van der Waals surface area (Å²) < 4.78 is 35.5. The van der Waals surface area contributed by atoms with Gasteiger partial charge in [-0.05, 0) is 117 Å². The number of aliphatic hydroxyl groups is 8. The number of fused-ring (bicyclic) bond motifs is 5. The van der Waals surface area contributed by atoms with E-state index < -0.39 is 92.1 Å². The van der Waals surface area contributed by atoms with Crippen LogP contribution in [0.15, 0.2) is 11.6 Å². The van der Waals surface area contributed by atoms with Crippen LogP contribution >= 0.6 is 0 Å². The first-order valence-electron chi connectivity index (χ1n) is 23.3. The molecule has 14 nitrogen and oxygen atoms in total. The Labute approximate surface area is 356 Å². The van der Waals surface area contributed by atoms with Gasteiger partial charge in [0, 0.05) is 0 Å². The summed E-state index contributed by atoms with van der Waals surface area (Å²) in [6.07, 6.45) is -2.32. The first-order chi connectivity index (χ1) is 28.4. The van der Waals surface area contributed by atoms with Gasteiger partial charge in [-0.1, -0.05) is 66.0 Å². The molecular formula is C46H78O14. The summed E-state index contributed by atoms with van der Waals surface area (Å²) in [5.74, 6) is 5.12. The zero-order chi connectivity index (χ0) is 43.5. The topological polar surface area (TPSA) is 217 Å². The van der Waals surface area contributed by atoms with Crippen LogP contribution in [0.4, 0.5) is 0 Å². The molecule has 14 heteroatoms. The average molecular weight is 855 g/mol. The largest absolute Gasteiger partial charge is 0.393 e. The Bertz CT molecular complexity index is 1470. The van der Waals surface area contributed by atoms with E-state index in [9.17, 15) is 40.9 Å². The molecule has 3 saturated carbocycles. The van der Waals surface area contributed by atoms with Crippen LogP contribution in [-0.4, -0.2) is 146 Å². The molecule has 3 heterocycles. The minimum Gasteiger partial charge on any atom is -0.393 e. The highest BCUT2D eigenvalue weighted by molar-refractivity contribution is 5.26. The third kappa shape index (κ3) is 8.68. The lowest BCUT2D eigenvalue weighted by Crippen LogP contribution is -2.64. The number of hydrogen-bond acceptors (Lipinski definition) is 14. The zero-order valence-corrected chi connectivity index (χ0v) is 37.1. The molecule has 6 fully saturated rings. The Hall–Kier alpha value is -0.820. The smallest absolute Gasteiger partial charge is 0.187 e. The number of allylic oxidation sites excluding steroid dienone is 1. The summed E-state index contributed by atoms with van der Waals surface area (Å²) in [4.78, 5) is 0. The zero-order valence-electron chi connectivity index (χ0n) is 37.1. The van der Waals surface area contributed by atoms with Gasteiger partial charge in [-0.3, -0.25) is 0 Å². The summed E-state index contributed by atoms with van der Waals surface area (Å²) >= 11 is 0. The van der Waals surface area contributed by atoms with Gasteiger partial charge >= 0.3 is 0 Å². The summed E-state index contributed by atoms with van der Waals surface area (Å²) in [6, 6.07) is 0. The highest BCUT2D eigenvalue weighted by Crippen LogP contribution is 2.68. The number of rotatable bonds is 14. The van der Waals surface area contributed by atoms with E-state index in [1.807, 2.05) is 0 Å². The minimum atomic E-state index is -1.91. The maximum absolute atomic E-state index is 11.9. The van der Waals surface area contributed by atoms with Crippen LogP contribution in [0, 0.1) is 52.3 Å². The SMILES string of the molecule is CC[C@H](CC[C@@H](C)[C@H]1CC[C@H]2[C@@H]3CCC4=C[C@@H](O[C@H]5[C@H](O)[C@@H](O[C@@H]6O[C@@H](C)[C@H](O)[C@@H](O)[C@H]6O)[C@H](O)O[C@@H]5CO[C@@H]5OC[C@](O)(CO)[C@H]5O)CC[C@]4(C)[C@H]3CC[C@]12C)C(C)C.